The minimum Gasteiger partial charge on any atom is -0.480 e. The molecule has 1 aliphatic rings. The Morgan fingerprint density at radius 1 is 1.07 bits per heavy atom. The second-order valence-corrected chi connectivity index (χ2v) is 7.89. The molecule has 1 heterocycles. The van der Waals surface area contributed by atoms with E-state index in [9.17, 15) is 14.7 Å². The predicted octanol–water partition coefficient (Wildman–Crippen LogP) is 4.22. The first-order valence-corrected chi connectivity index (χ1v) is 9.10. The van der Waals surface area contributed by atoms with Gasteiger partial charge in [0, 0.05) is 5.92 Å². The fourth-order valence-electron chi connectivity index (χ4n) is 3.60. The van der Waals surface area contributed by atoms with E-state index in [0.717, 1.165) is 16.7 Å². The Morgan fingerprint density at radius 3 is 2.33 bits per heavy atom. The minimum atomic E-state index is -1.02. The lowest BCUT2D eigenvalue weighted by Crippen LogP contribution is -2.52. The number of benzene rings is 2. The maximum absolute atomic E-state index is 12.8. The van der Waals surface area contributed by atoms with Gasteiger partial charge in [-0.05, 0) is 43.9 Å². The molecule has 0 saturated carbocycles. The van der Waals surface area contributed by atoms with Gasteiger partial charge in [0.1, 0.15) is 11.6 Å². The highest BCUT2D eigenvalue weighted by Crippen LogP contribution is 2.36. The molecule has 1 N–H and O–H groups in total. The number of hydrogen-bond acceptors (Lipinski definition) is 3. The summed E-state index contributed by atoms with van der Waals surface area (Å²) >= 11 is 0. The van der Waals surface area contributed by atoms with Gasteiger partial charge >= 0.3 is 12.1 Å². The minimum absolute atomic E-state index is 0.230. The molecular formula is C22H25NO4. The van der Waals surface area contributed by atoms with E-state index < -0.39 is 23.7 Å². The molecule has 0 bridgehead atoms. The summed E-state index contributed by atoms with van der Waals surface area (Å²) in [6.07, 6.45) is -0.0591. The number of carbonyl (C=O) groups is 2. The third-order valence-electron chi connectivity index (χ3n) is 4.69. The molecule has 0 fully saturated rings. The summed E-state index contributed by atoms with van der Waals surface area (Å²) in [5.41, 5.74) is 2.29. The van der Waals surface area contributed by atoms with Crippen molar-refractivity contribution < 1.29 is 19.4 Å². The number of carboxylic acid groups (broad SMARTS) is 1. The predicted molar refractivity (Wildman–Crippen MR) is 103 cm³/mol. The molecule has 0 spiro atoms. The van der Waals surface area contributed by atoms with Crippen LogP contribution in [-0.2, 0) is 22.5 Å². The van der Waals surface area contributed by atoms with E-state index in [1.807, 2.05) is 54.6 Å². The molecule has 1 amide bonds. The molecule has 142 valence electrons. The Kier molecular flexibility index (Phi) is 5.22. The zero-order valence-electron chi connectivity index (χ0n) is 15.9. The van der Waals surface area contributed by atoms with E-state index in [1.54, 1.807) is 20.8 Å². The molecule has 0 saturated heterocycles. The summed E-state index contributed by atoms with van der Waals surface area (Å²) in [7, 11) is 0. The second kappa shape index (κ2) is 7.43. The topological polar surface area (TPSA) is 66.8 Å². The normalized spacial score (nSPS) is 19.3. The van der Waals surface area contributed by atoms with Crippen molar-refractivity contribution in [2.75, 3.05) is 0 Å². The number of ether oxygens (including phenoxy) is 1. The zero-order valence-corrected chi connectivity index (χ0v) is 15.9. The highest BCUT2D eigenvalue weighted by Gasteiger charge is 2.43. The molecule has 2 unspecified atom stereocenters. The van der Waals surface area contributed by atoms with E-state index >= 15 is 0 Å². The molecule has 2 atom stereocenters. The quantitative estimate of drug-likeness (QED) is 0.882. The van der Waals surface area contributed by atoms with Crippen molar-refractivity contribution in [1.82, 2.24) is 4.90 Å². The van der Waals surface area contributed by atoms with Gasteiger partial charge in [-0.1, -0.05) is 54.6 Å². The van der Waals surface area contributed by atoms with Crippen LogP contribution in [0.2, 0.25) is 0 Å². The van der Waals surface area contributed by atoms with Crippen LogP contribution in [0, 0.1) is 0 Å². The fraction of sp³-hybridized carbons (Fsp3) is 0.364. The lowest BCUT2D eigenvalue weighted by molar-refractivity contribution is -0.144. The van der Waals surface area contributed by atoms with Crippen molar-refractivity contribution in [2.24, 2.45) is 0 Å². The number of nitrogens with zero attached hydrogens (tertiary/aromatic N) is 1. The maximum atomic E-state index is 12.8. The molecule has 2 aromatic rings. The van der Waals surface area contributed by atoms with Gasteiger partial charge in [0.15, 0.2) is 0 Å². The Bertz CT molecular complexity index is 826. The largest absolute Gasteiger partial charge is 0.480 e. The molecule has 0 aromatic heterocycles. The number of amides is 1. The van der Waals surface area contributed by atoms with Crippen molar-refractivity contribution in [3.63, 3.8) is 0 Å². The van der Waals surface area contributed by atoms with Crippen LogP contribution in [0.3, 0.4) is 0 Å². The average Bonchev–Trinajstić information content (AvgIpc) is 2.60. The number of rotatable bonds is 3. The van der Waals surface area contributed by atoms with Crippen molar-refractivity contribution >= 4 is 12.1 Å². The molecule has 27 heavy (non-hydrogen) atoms. The fourth-order valence-corrected chi connectivity index (χ4v) is 3.60. The Morgan fingerprint density at radius 2 is 1.70 bits per heavy atom. The van der Waals surface area contributed by atoms with Crippen LogP contribution in [0.15, 0.2) is 54.6 Å². The summed E-state index contributed by atoms with van der Waals surface area (Å²) in [5.74, 6) is -1.36. The van der Waals surface area contributed by atoms with Crippen molar-refractivity contribution in [3.05, 3.63) is 71.3 Å². The molecule has 0 radical (unpaired) electrons. The van der Waals surface area contributed by atoms with Gasteiger partial charge in [0.2, 0.25) is 0 Å². The average molecular weight is 367 g/mol. The Balaban J connectivity index is 2.02. The number of fused-ring (bicyclic) bond motifs is 1. The van der Waals surface area contributed by atoms with Crippen LogP contribution in [0.5, 0.6) is 0 Å². The lowest BCUT2D eigenvalue weighted by atomic mass is 9.79. The van der Waals surface area contributed by atoms with Gasteiger partial charge in [-0.3, -0.25) is 4.90 Å². The summed E-state index contributed by atoms with van der Waals surface area (Å²) in [4.78, 5) is 26.3. The van der Waals surface area contributed by atoms with Gasteiger partial charge in [0.25, 0.3) is 0 Å². The van der Waals surface area contributed by atoms with Gasteiger partial charge in [-0.25, -0.2) is 9.59 Å². The monoisotopic (exact) mass is 367 g/mol. The first kappa shape index (κ1) is 19.0. The maximum Gasteiger partial charge on any atom is 0.411 e. The Hall–Kier alpha value is -2.82. The highest BCUT2D eigenvalue weighted by atomic mass is 16.6. The smallest absolute Gasteiger partial charge is 0.411 e. The van der Waals surface area contributed by atoms with Gasteiger partial charge in [0.05, 0.1) is 6.54 Å². The third-order valence-corrected chi connectivity index (χ3v) is 4.69. The zero-order chi connectivity index (χ0) is 19.6. The molecule has 2 aromatic carbocycles. The van der Waals surface area contributed by atoms with Crippen LogP contribution >= 0.6 is 0 Å². The van der Waals surface area contributed by atoms with E-state index in [0.29, 0.717) is 6.42 Å². The first-order valence-electron chi connectivity index (χ1n) is 9.10. The molecular weight excluding hydrogens is 342 g/mol. The summed E-state index contributed by atoms with van der Waals surface area (Å²) < 4.78 is 5.49. The molecule has 5 nitrogen and oxygen atoms in total. The third kappa shape index (κ3) is 4.30. The SMILES string of the molecule is CC(C)(C)OC(=O)N1Cc2ccccc2C(Cc2ccccc2)C1C(=O)O. The van der Waals surface area contributed by atoms with E-state index in [1.165, 1.54) is 4.90 Å². The van der Waals surface area contributed by atoms with Crippen molar-refractivity contribution in [1.29, 1.82) is 0 Å². The van der Waals surface area contributed by atoms with Gasteiger partial charge in [-0.2, -0.15) is 0 Å². The van der Waals surface area contributed by atoms with Crippen molar-refractivity contribution in [3.8, 4) is 0 Å². The summed E-state index contributed by atoms with van der Waals surface area (Å²) in [6, 6.07) is 16.5. The summed E-state index contributed by atoms with van der Waals surface area (Å²) in [5, 5.41) is 9.98. The van der Waals surface area contributed by atoms with Gasteiger partial charge in [-0.15, -0.1) is 0 Å². The number of aliphatic carboxylic acids is 1. The van der Waals surface area contributed by atoms with Crippen LogP contribution < -0.4 is 0 Å². The second-order valence-electron chi connectivity index (χ2n) is 7.89. The van der Waals surface area contributed by atoms with Crippen LogP contribution in [0.25, 0.3) is 0 Å². The number of hydrogen-bond donors (Lipinski definition) is 1. The lowest BCUT2D eigenvalue weighted by Gasteiger charge is -2.40. The number of carbonyl (C=O) groups excluding carboxylic acids is 1. The molecule has 0 aliphatic carbocycles. The number of carboxylic acids is 1. The van der Waals surface area contributed by atoms with Crippen LogP contribution in [0.1, 0.15) is 43.4 Å². The van der Waals surface area contributed by atoms with Gasteiger partial charge < -0.3 is 9.84 Å². The van der Waals surface area contributed by atoms with E-state index in [4.69, 9.17) is 4.74 Å². The molecule has 3 rings (SSSR count). The van der Waals surface area contributed by atoms with Crippen LogP contribution in [-0.4, -0.2) is 33.7 Å². The molecule has 5 heteroatoms. The Labute approximate surface area is 159 Å². The van der Waals surface area contributed by atoms with E-state index in [-0.39, 0.29) is 12.5 Å². The highest BCUT2D eigenvalue weighted by molar-refractivity contribution is 5.82. The van der Waals surface area contributed by atoms with E-state index in [2.05, 4.69) is 0 Å². The summed E-state index contributed by atoms with van der Waals surface area (Å²) in [6.45, 7) is 5.56. The van der Waals surface area contributed by atoms with Crippen molar-refractivity contribution in [2.45, 2.75) is 51.3 Å². The first-order chi connectivity index (χ1) is 12.8. The molecule has 1 aliphatic heterocycles. The standard InChI is InChI=1S/C22H25NO4/c1-22(2,3)27-21(26)23-14-16-11-7-8-12-17(16)18(19(23)20(24)25)13-15-9-5-4-6-10-15/h4-12,18-19H,13-14H2,1-3H3,(H,24,25). The van der Waals surface area contributed by atoms with Crippen LogP contribution in [0.4, 0.5) is 4.79 Å².